The number of thiocarbonyl (C=S) groups is 1. The monoisotopic (exact) mass is 301 g/mol. The van der Waals surface area contributed by atoms with Crippen molar-refractivity contribution in [3.05, 3.63) is 36.0 Å². The van der Waals surface area contributed by atoms with E-state index in [9.17, 15) is 0 Å². The van der Waals surface area contributed by atoms with Gasteiger partial charge in [-0.3, -0.25) is 4.98 Å². The van der Waals surface area contributed by atoms with Gasteiger partial charge in [0.1, 0.15) is 4.99 Å². The van der Waals surface area contributed by atoms with Gasteiger partial charge in [0.2, 0.25) is 0 Å². The minimum atomic E-state index is 0.255. The maximum absolute atomic E-state index is 5.91. The van der Waals surface area contributed by atoms with Crippen LogP contribution in [0.2, 0.25) is 0 Å². The van der Waals surface area contributed by atoms with Crippen LogP contribution in [0.3, 0.4) is 0 Å². The molecule has 1 aliphatic rings. The Hall–Kier alpha value is -1.72. The van der Waals surface area contributed by atoms with Crippen molar-refractivity contribution < 1.29 is 4.74 Å². The number of hydrogen-bond donors (Lipinski definition) is 1. The Kier molecular flexibility index (Phi) is 4.03. The van der Waals surface area contributed by atoms with Crippen LogP contribution in [0.15, 0.2) is 30.5 Å². The van der Waals surface area contributed by atoms with E-state index in [0.29, 0.717) is 4.99 Å². The van der Waals surface area contributed by atoms with Crippen molar-refractivity contribution in [3.63, 3.8) is 0 Å². The number of morpholine rings is 1. The first-order valence-electron chi connectivity index (χ1n) is 7.24. The lowest BCUT2D eigenvalue weighted by atomic mass is 10.1. The lowest BCUT2D eigenvalue weighted by molar-refractivity contribution is 0.0385. The second kappa shape index (κ2) is 5.95. The third kappa shape index (κ3) is 2.71. The van der Waals surface area contributed by atoms with Gasteiger partial charge in [-0.15, -0.1) is 0 Å². The molecule has 0 bridgehead atoms. The second-order valence-electron chi connectivity index (χ2n) is 5.25. The maximum Gasteiger partial charge on any atom is 0.107 e. The second-order valence-corrected chi connectivity index (χ2v) is 5.69. The molecule has 1 atom stereocenters. The van der Waals surface area contributed by atoms with Crippen molar-refractivity contribution in [1.29, 1.82) is 0 Å². The van der Waals surface area contributed by atoms with Crippen molar-refractivity contribution >= 4 is 33.8 Å². The molecule has 5 heteroatoms. The van der Waals surface area contributed by atoms with Gasteiger partial charge in [-0.25, -0.2) is 0 Å². The topological polar surface area (TPSA) is 51.4 Å². The largest absolute Gasteiger partial charge is 0.389 e. The zero-order valence-electron chi connectivity index (χ0n) is 12.1. The van der Waals surface area contributed by atoms with Gasteiger partial charge in [-0.05, 0) is 12.5 Å². The van der Waals surface area contributed by atoms with Crippen LogP contribution >= 0.6 is 12.2 Å². The van der Waals surface area contributed by atoms with Crippen molar-refractivity contribution in [2.24, 2.45) is 5.73 Å². The fraction of sp³-hybridized carbons (Fsp3) is 0.375. The SMILES string of the molecule is CCC1CN(c2c(C(N)=S)cnc3ccccc23)CCO1. The highest BCUT2D eigenvalue weighted by Crippen LogP contribution is 2.31. The summed E-state index contributed by atoms with van der Waals surface area (Å²) >= 11 is 5.22. The molecule has 1 unspecified atom stereocenters. The molecule has 4 nitrogen and oxygen atoms in total. The molecule has 21 heavy (non-hydrogen) atoms. The molecule has 0 saturated carbocycles. The molecular formula is C16H19N3OS. The molecular weight excluding hydrogens is 282 g/mol. The number of rotatable bonds is 3. The first kappa shape index (κ1) is 14.2. The number of aromatic nitrogens is 1. The molecule has 1 aromatic heterocycles. The van der Waals surface area contributed by atoms with Crippen molar-refractivity contribution in [2.45, 2.75) is 19.4 Å². The maximum atomic E-state index is 5.91. The summed E-state index contributed by atoms with van der Waals surface area (Å²) in [5.41, 5.74) is 8.82. The smallest absolute Gasteiger partial charge is 0.107 e. The van der Waals surface area contributed by atoms with Crippen molar-refractivity contribution in [2.75, 3.05) is 24.6 Å². The van der Waals surface area contributed by atoms with Gasteiger partial charge in [-0.2, -0.15) is 0 Å². The number of benzene rings is 1. The van der Waals surface area contributed by atoms with Gasteiger partial charge in [0.05, 0.1) is 29.5 Å². The average Bonchev–Trinajstić information content (AvgIpc) is 2.53. The predicted molar refractivity (Wildman–Crippen MR) is 89.9 cm³/mol. The molecule has 2 N–H and O–H groups in total. The third-order valence-electron chi connectivity index (χ3n) is 3.92. The molecule has 1 saturated heterocycles. The van der Waals surface area contributed by atoms with Crippen LogP contribution in [0.4, 0.5) is 5.69 Å². The highest BCUT2D eigenvalue weighted by molar-refractivity contribution is 7.80. The Bertz CT molecular complexity index is 674. The van der Waals surface area contributed by atoms with Gasteiger partial charge >= 0.3 is 0 Å². The van der Waals surface area contributed by atoms with Gasteiger partial charge in [0.15, 0.2) is 0 Å². The average molecular weight is 301 g/mol. The van der Waals surface area contributed by atoms with Crippen LogP contribution in [0.25, 0.3) is 10.9 Å². The fourth-order valence-corrected chi connectivity index (χ4v) is 2.97. The molecule has 0 amide bonds. The predicted octanol–water partition coefficient (Wildman–Crippen LogP) is 2.48. The van der Waals surface area contributed by atoms with Crippen molar-refractivity contribution in [1.82, 2.24) is 4.98 Å². The Labute approximate surface area is 129 Å². The number of nitrogens with zero attached hydrogens (tertiary/aromatic N) is 2. The van der Waals surface area contributed by atoms with E-state index in [0.717, 1.165) is 48.3 Å². The molecule has 1 fully saturated rings. The molecule has 2 aromatic rings. The Morgan fingerprint density at radius 3 is 3.05 bits per heavy atom. The van der Waals surface area contributed by atoms with E-state index in [1.807, 2.05) is 18.2 Å². The zero-order valence-corrected chi connectivity index (χ0v) is 12.9. The molecule has 110 valence electrons. The van der Waals surface area contributed by atoms with E-state index in [4.69, 9.17) is 22.7 Å². The Morgan fingerprint density at radius 1 is 1.48 bits per heavy atom. The number of para-hydroxylation sites is 1. The Balaban J connectivity index is 2.14. The standard InChI is InChI=1S/C16H19N3OS/c1-2-11-10-19(7-8-20-11)15-12-5-3-4-6-14(12)18-9-13(15)16(17)21/h3-6,9,11H,2,7-8,10H2,1H3,(H2,17,21). The summed E-state index contributed by atoms with van der Waals surface area (Å²) < 4.78 is 5.77. The minimum Gasteiger partial charge on any atom is -0.389 e. The van der Waals surface area contributed by atoms with E-state index in [1.165, 1.54) is 0 Å². The van der Waals surface area contributed by atoms with Crippen LogP contribution in [0.1, 0.15) is 18.9 Å². The molecule has 0 spiro atoms. The van der Waals surface area contributed by atoms with Gasteiger partial charge in [0.25, 0.3) is 0 Å². The van der Waals surface area contributed by atoms with Crippen molar-refractivity contribution in [3.8, 4) is 0 Å². The summed E-state index contributed by atoms with van der Waals surface area (Å²) in [6.45, 7) is 4.58. The lowest BCUT2D eigenvalue weighted by Gasteiger charge is -2.35. The lowest BCUT2D eigenvalue weighted by Crippen LogP contribution is -2.43. The zero-order chi connectivity index (χ0) is 14.8. The number of anilines is 1. The molecule has 0 radical (unpaired) electrons. The van der Waals surface area contributed by atoms with Crippen LogP contribution in [0.5, 0.6) is 0 Å². The van der Waals surface area contributed by atoms with Crippen LogP contribution < -0.4 is 10.6 Å². The first-order chi connectivity index (χ1) is 10.2. The van der Waals surface area contributed by atoms with Gasteiger partial charge in [0, 0.05) is 24.7 Å². The number of pyridine rings is 1. The fourth-order valence-electron chi connectivity index (χ4n) is 2.82. The normalized spacial score (nSPS) is 18.9. The molecule has 1 aromatic carbocycles. The molecule has 3 rings (SSSR count). The highest BCUT2D eigenvalue weighted by Gasteiger charge is 2.23. The Morgan fingerprint density at radius 2 is 2.29 bits per heavy atom. The van der Waals surface area contributed by atoms with Gasteiger partial charge in [-0.1, -0.05) is 37.3 Å². The number of fused-ring (bicyclic) bond motifs is 1. The summed E-state index contributed by atoms with van der Waals surface area (Å²) in [4.78, 5) is 7.19. The summed E-state index contributed by atoms with van der Waals surface area (Å²) in [6, 6.07) is 8.11. The highest BCUT2D eigenvalue weighted by atomic mass is 32.1. The van der Waals surface area contributed by atoms with Gasteiger partial charge < -0.3 is 15.4 Å². The summed E-state index contributed by atoms with van der Waals surface area (Å²) in [6.07, 6.45) is 3.04. The van der Waals surface area contributed by atoms with Crippen LogP contribution in [0, 0.1) is 0 Å². The van der Waals surface area contributed by atoms with E-state index in [-0.39, 0.29) is 6.10 Å². The minimum absolute atomic E-state index is 0.255. The first-order valence-corrected chi connectivity index (χ1v) is 7.65. The molecule has 1 aliphatic heterocycles. The van der Waals surface area contributed by atoms with E-state index in [2.05, 4.69) is 22.9 Å². The van der Waals surface area contributed by atoms with Crippen LogP contribution in [-0.2, 0) is 4.74 Å². The quantitative estimate of drug-likeness (QED) is 0.883. The number of hydrogen-bond acceptors (Lipinski definition) is 4. The number of ether oxygens (including phenoxy) is 1. The van der Waals surface area contributed by atoms with E-state index in [1.54, 1.807) is 6.20 Å². The van der Waals surface area contributed by atoms with E-state index < -0.39 is 0 Å². The summed E-state index contributed by atoms with van der Waals surface area (Å²) in [5, 5.41) is 1.10. The molecule has 2 heterocycles. The van der Waals surface area contributed by atoms with E-state index >= 15 is 0 Å². The van der Waals surface area contributed by atoms with Crippen LogP contribution in [-0.4, -0.2) is 35.8 Å². The summed E-state index contributed by atoms with van der Waals surface area (Å²) in [7, 11) is 0. The third-order valence-corrected chi connectivity index (χ3v) is 4.14. The number of nitrogens with two attached hydrogens (primary N) is 1. The summed E-state index contributed by atoms with van der Waals surface area (Å²) in [5.74, 6) is 0. The molecule has 0 aliphatic carbocycles.